The summed E-state index contributed by atoms with van der Waals surface area (Å²) in [4.78, 5) is 13.3. The summed E-state index contributed by atoms with van der Waals surface area (Å²) in [5.74, 6) is 1.95. The Morgan fingerprint density at radius 3 is 2.87 bits per heavy atom. The van der Waals surface area contributed by atoms with Gasteiger partial charge in [0.25, 0.3) is 0 Å². The molecule has 1 saturated heterocycles. The van der Waals surface area contributed by atoms with Crippen LogP contribution in [-0.4, -0.2) is 42.6 Å². The molecule has 1 aromatic heterocycles. The Bertz CT molecular complexity index is 337. The molecule has 1 aliphatic rings. The Morgan fingerprint density at radius 2 is 2.27 bits per heavy atom. The van der Waals surface area contributed by atoms with E-state index in [-0.39, 0.29) is 0 Å². The first-order chi connectivity index (χ1) is 7.18. The molecule has 0 saturated carbocycles. The number of anilines is 1. The summed E-state index contributed by atoms with van der Waals surface area (Å²) in [6, 6.07) is 2.35. The van der Waals surface area contributed by atoms with Gasteiger partial charge in [-0.15, -0.1) is 0 Å². The van der Waals surface area contributed by atoms with Gasteiger partial charge in [-0.1, -0.05) is 0 Å². The van der Waals surface area contributed by atoms with Crippen LogP contribution in [0.5, 0.6) is 0 Å². The smallest absolute Gasteiger partial charge is 0.147 e. The number of likely N-dealkylation sites (tertiary alicyclic amines) is 1. The molecule has 0 amide bonds. The highest BCUT2D eigenvalue weighted by atomic mass is 15.2. The van der Waals surface area contributed by atoms with Crippen molar-refractivity contribution in [1.29, 1.82) is 0 Å². The predicted octanol–water partition coefficient (Wildman–Crippen LogP) is 1.31. The average molecular weight is 206 g/mol. The molecule has 82 valence electrons. The molecule has 0 N–H and O–H groups in total. The Balaban J connectivity index is 2.24. The molecule has 1 atom stereocenters. The van der Waals surface area contributed by atoms with Crippen molar-refractivity contribution in [3.8, 4) is 0 Å². The van der Waals surface area contributed by atoms with E-state index in [1.807, 2.05) is 31.3 Å². The fourth-order valence-electron chi connectivity index (χ4n) is 2.01. The molecule has 0 bridgehead atoms. The van der Waals surface area contributed by atoms with Crippen molar-refractivity contribution in [3.05, 3.63) is 18.1 Å². The van der Waals surface area contributed by atoms with E-state index in [1.54, 1.807) is 0 Å². The maximum atomic E-state index is 4.58. The van der Waals surface area contributed by atoms with E-state index in [1.165, 1.54) is 12.8 Å². The zero-order valence-corrected chi connectivity index (χ0v) is 9.64. The van der Waals surface area contributed by atoms with E-state index < -0.39 is 0 Å². The van der Waals surface area contributed by atoms with E-state index in [2.05, 4.69) is 21.9 Å². The lowest BCUT2D eigenvalue weighted by Gasteiger charge is -2.19. The first-order valence-corrected chi connectivity index (χ1v) is 5.39. The van der Waals surface area contributed by atoms with Crippen LogP contribution in [0.2, 0.25) is 0 Å². The van der Waals surface area contributed by atoms with Gasteiger partial charge < -0.3 is 4.90 Å². The van der Waals surface area contributed by atoms with Gasteiger partial charge in [-0.3, -0.25) is 4.90 Å². The van der Waals surface area contributed by atoms with Crippen molar-refractivity contribution in [1.82, 2.24) is 14.9 Å². The summed E-state index contributed by atoms with van der Waals surface area (Å²) in [5, 5.41) is 0. The molecule has 4 heteroatoms. The highest BCUT2D eigenvalue weighted by molar-refractivity contribution is 5.35. The Morgan fingerprint density at radius 1 is 1.47 bits per heavy atom. The third kappa shape index (κ3) is 2.09. The molecule has 4 nitrogen and oxygen atoms in total. The second kappa shape index (κ2) is 4.14. The van der Waals surface area contributed by atoms with Crippen LogP contribution in [-0.2, 0) is 0 Å². The standard InChI is InChI=1S/C11H18N4/c1-14(2)10-6-7-12-11(13-10)9-5-4-8-15(9)3/h6-7,9H,4-5,8H2,1-3H3/t9-/m1/s1. The highest BCUT2D eigenvalue weighted by Gasteiger charge is 2.25. The van der Waals surface area contributed by atoms with Gasteiger partial charge in [-0.05, 0) is 32.5 Å². The summed E-state index contributed by atoms with van der Waals surface area (Å²) in [5.41, 5.74) is 0. The van der Waals surface area contributed by atoms with E-state index in [9.17, 15) is 0 Å². The zero-order chi connectivity index (χ0) is 10.8. The number of rotatable bonds is 2. The van der Waals surface area contributed by atoms with Gasteiger partial charge in [-0.2, -0.15) is 0 Å². The summed E-state index contributed by atoms with van der Waals surface area (Å²) < 4.78 is 0. The SMILES string of the molecule is CN(C)c1ccnc([C@H]2CCCN2C)n1. The van der Waals surface area contributed by atoms with Gasteiger partial charge in [-0.25, -0.2) is 9.97 Å². The monoisotopic (exact) mass is 206 g/mol. The van der Waals surface area contributed by atoms with Crippen molar-refractivity contribution in [2.24, 2.45) is 0 Å². The van der Waals surface area contributed by atoms with Crippen LogP contribution in [0.3, 0.4) is 0 Å². The van der Waals surface area contributed by atoms with E-state index in [0.29, 0.717) is 6.04 Å². The first kappa shape index (κ1) is 10.4. The molecular weight excluding hydrogens is 188 g/mol. The van der Waals surface area contributed by atoms with E-state index in [4.69, 9.17) is 0 Å². The lowest BCUT2D eigenvalue weighted by Crippen LogP contribution is -2.21. The number of hydrogen-bond donors (Lipinski definition) is 0. The van der Waals surface area contributed by atoms with E-state index in [0.717, 1.165) is 18.2 Å². The van der Waals surface area contributed by atoms with Crippen molar-refractivity contribution >= 4 is 5.82 Å². The minimum Gasteiger partial charge on any atom is -0.363 e. The van der Waals surface area contributed by atoms with Gasteiger partial charge in [0.1, 0.15) is 11.6 Å². The fourth-order valence-corrected chi connectivity index (χ4v) is 2.01. The Labute approximate surface area is 90.9 Å². The second-order valence-corrected chi connectivity index (χ2v) is 4.31. The molecule has 0 aromatic carbocycles. The number of hydrogen-bond acceptors (Lipinski definition) is 4. The topological polar surface area (TPSA) is 32.3 Å². The molecule has 0 unspecified atom stereocenters. The van der Waals surface area contributed by atoms with Crippen LogP contribution >= 0.6 is 0 Å². The maximum absolute atomic E-state index is 4.58. The number of nitrogens with zero attached hydrogens (tertiary/aromatic N) is 4. The van der Waals surface area contributed by atoms with Gasteiger partial charge in [0.2, 0.25) is 0 Å². The Kier molecular flexibility index (Phi) is 2.86. The molecule has 0 spiro atoms. The van der Waals surface area contributed by atoms with Crippen LogP contribution in [0.15, 0.2) is 12.3 Å². The van der Waals surface area contributed by atoms with Crippen molar-refractivity contribution in [3.63, 3.8) is 0 Å². The van der Waals surface area contributed by atoms with Gasteiger partial charge in [0.15, 0.2) is 0 Å². The van der Waals surface area contributed by atoms with Gasteiger partial charge in [0.05, 0.1) is 6.04 Å². The molecule has 2 heterocycles. The summed E-state index contributed by atoms with van der Waals surface area (Å²) >= 11 is 0. The van der Waals surface area contributed by atoms with Crippen molar-refractivity contribution in [2.75, 3.05) is 32.6 Å². The molecule has 1 fully saturated rings. The van der Waals surface area contributed by atoms with Gasteiger partial charge in [0, 0.05) is 20.3 Å². The van der Waals surface area contributed by atoms with Gasteiger partial charge >= 0.3 is 0 Å². The zero-order valence-electron chi connectivity index (χ0n) is 9.64. The highest BCUT2D eigenvalue weighted by Crippen LogP contribution is 2.28. The normalized spacial score (nSPS) is 21.9. The van der Waals surface area contributed by atoms with Crippen LogP contribution in [0.4, 0.5) is 5.82 Å². The van der Waals surface area contributed by atoms with Crippen LogP contribution in [0.1, 0.15) is 24.7 Å². The van der Waals surface area contributed by atoms with Crippen LogP contribution in [0.25, 0.3) is 0 Å². The minimum absolute atomic E-state index is 0.407. The quantitative estimate of drug-likeness (QED) is 0.730. The summed E-state index contributed by atoms with van der Waals surface area (Å²) in [6.45, 7) is 1.15. The molecule has 1 aliphatic heterocycles. The predicted molar refractivity (Wildman–Crippen MR) is 61.0 cm³/mol. The lowest BCUT2D eigenvalue weighted by atomic mass is 10.2. The Hall–Kier alpha value is -1.16. The molecular formula is C11H18N4. The molecule has 15 heavy (non-hydrogen) atoms. The third-order valence-corrected chi connectivity index (χ3v) is 2.94. The summed E-state index contributed by atoms with van der Waals surface area (Å²) in [7, 11) is 6.15. The van der Waals surface area contributed by atoms with Crippen molar-refractivity contribution in [2.45, 2.75) is 18.9 Å². The molecule has 2 rings (SSSR count). The fraction of sp³-hybridized carbons (Fsp3) is 0.636. The minimum atomic E-state index is 0.407. The van der Waals surface area contributed by atoms with Crippen LogP contribution in [0, 0.1) is 0 Å². The molecule has 0 aliphatic carbocycles. The average Bonchev–Trinajstić information content (AvgIpc) is 2.64. The second-order valence-electron chi connectivity index (χ2n) is 4.31. The van der Waals surface area contributed by atoms with E-state index >= 15 is 0 Å². The van der Waals surface area contributed by atoms with Crippen LogP contribution < -0.4 is 4.90 Å². The largest absolute Gasteiger partial charge is 0.363 e. The maximum Gasteiger partial charge on any atom is 0.147 e. The lowest BCUT2D eigenvalue weighted by molar-refractivity contribution is 0.305. The van der Waals surface area contributed by atoms with Crippen molar-refractivity contribution < 1.29 is 0 Å². The third-order valence-electron chi connectivity index (χ3n) is 2.94. The molecule has 1 aromatic rings. The number of aromatic nitrogens is 2. The molecule has 0 radical (unpaired) electrons. The first-order valence-electron chi connectivity index (χ1n) is 5.39. The summed E-state index contributed by atoms with van der Waals surface area (Å²) in [6.07, 6.45) is 4.27.